The molecule has 2 rings (SSSR count). The number of rotatable bonds is 3. The Balaban J connectivity index is 2.22. The van der Waals surface area contributed by atoms with Crippen LogP contribution in [0.5, 0.6) is 5.75 Å². The van der Waals surface area contributed by atoms with E-state index in [1.54, 1.807) is 12.1 Å². The smallest absolute Gasteiger partial charge is 0.259 e. The lowest BCUT2D eigenvalue weighted by atomic mass is 10.1. The highest BCUT2D eigenvalue weighted by atomic mass is 79.9. The minimum atomic E-state index is -0.913. The number of aromatic hydroxyl groups is 1. The fourth-order valence-corrected chi connectivity index (χ4v) is 2.29. The Kier molecular flexibility index (Phi) is 4.57. The molecule has 0 bridgehead atoms. The molecular formula is C15H12BrF2NO2. The van der Waals surface area contributed by atoms with Crippen molar-refractivity contribution in [1.29, 1.82) is 0 Å². The molecule has 6 heteroatoms. The Morgan fingerprint density at radius 1 is 1.19 bits per heavy atom. The second kappa shape index (κ2) is 6.22. The highest BCUT2D eigenvalue weighted by molar-refractivity contribution is 9.10. The first kappa shape index (κ1) is 15.4. The maximum atomic E-state index is 13.8. The molecular weight excluding hydrogens is 344 g/mol. The van der Waals surface area contributed by atoms with Crippen molar-refractivity contribution in [1.82, 2.24) is 4.90 Å². The number of carbonyl (C=O) groups is 1. The Hall–Kier alpha value is -1.95. The predicted octanol–water partition coefficient (Wildman–Crippen LogP) is 3.71. The first-order valence-electron chi connectivity index (χ1n) is 6.06. The van der Waals surface area contributed by atoms with Gasteiger partial charge >= 0.3 is 0 Å². The summed E-state index contributed by atoms with van der Waals surface area (Å²) in [5.41, 5.74) is 0.154. The third kappa shape index (κ3) is 3.58. The SMILES string of the molecule is CN(Cc1ccc(O)cc1)C(=O)c1c(F)cc(Br)cc1F. The molecule has 0 atom stereocenters. The summed E-state index contributed by atoms with van der Waals surface area (Å²) in [6.45, 7) is 0.175. The Labute approximate surface area is 128 Å². The Bertz CT molecular complexity index is 651. The van der Waals surface area contributed by atoms with Gasteiger partial charge in [-0.15, -0.1) is 0 Å². The number of carbonyl (C=O) groups excluding carboxylic acids is 1. The van der Waals surface area contributed by atoms with Gasteiger partial charge in [0.2, 0.25) is 0 Å². The minimum absolute atomic E-state index is 0.109. The summed E-state index contributed by atoms with van der Waals surface area (Å²) in [5, 5.41) is 9.19. The number of amides is 1. The van der Waals surface area contributed by atoms with Crippen LogP contribution < -0.4 is 0 Å². The fourth-order valence-electron chi connectivity index (χ4n) is 1.88. The standard InChI is InChI=1S/C15H12BrF2NO2/c1-19(8-9-2-4-11(20)5-3-9)15(21)14-12(17)6-10(16)7-13(14)18/h2-7,20H,8H2,1H3. The molecule has 0 saturated carbocycles. The van der Waals surface area contributed by atoms with Crippen molar-refractivity contribution in [2.24, 2.45) is 0 Å². The number of halogens is 3. The van der Waals surface area contributed by atoms with Crippen LogP contribution in [-0.4, -0.2) is 23.0 Å². The zero-order chi connectivity index (χ0) is 15.6. The van der Waals surface area contributed by atoms with Gasteiger partial charge in [-0.2, -0.15) is 0 Å². The van der Waals surface area contributed by atoms with Gasteiger partial charge < -0.3 is 10.0 Å². The molecule has 110 valence electrons. The van der Waals surface area contributed by atoms with E-state index in [0.717, 1.165) is 17.7 Å². The van der Waals surface area contributed by atoms with Gasteiger partial charge in [-0.3, -0.25) is 4.79 Å². The summed E-state index contributed by atoms with van der Waals surface area (Å²) < 4.78 is 27.8. The summed E-state index contributed by atoms with van der Waals surface area (Å²) in [5.74, 6) is -2.46. The summed E-state index contributed by atoms with van der Waals surface area (Å²) in [6, 6.07) is 8.32. The van der Waals surface area contributed by atoms with E-state index in [9.17, 15) is 18.7 Å². The molecule has 0 aromatic heterocycles. The van der Waals surface area contributed by atoms with Crippen LogP contribution in [-0.2, 0) is 6.54 Å². The van der Waals surface area contributed by atoms with E-state index in [1.807, 2.05) is 0 Å². The average Bonchev–Trinajstić information content (AvgIpc) is 2.40. The van der Waals surface area contributed by atoms with Gasteiger partial charge in [-0.1, -0.05) is 28.1 Å². The zero-order valence-corrected chi connectivity index (χ0v) is 12.7. The van der Waals surface area contributed by atoms with E-state index in [0.29, 0.717) is 0 Å². The van der Waals surface area contributed by atoms with Crippen molar-refractivity contribution in [3.8, 4) is 5.75 Å². The molecule has 3 nitrogen and oxygen atoms in total. The molecule has 0 fully saturated rings. The molecule has 2 aromatic rings. The van der Waals surface area contributed by atoms with Crippen molar-refractivity contribution >= 4 is 21.8 Å². The Morgan fingerprint density at radius 3 is 2.24 bits per heavy atom. The lowest BCUT2D eigenvalue weighted by Gasteiger charge is -2.18. The van der Waals surface area contributed by atoms with Crippen molar-refractivity contribution in [2.75, 3.05) is 7.05 Å². The first-order valence-corrected chi connectivity index (χ1v) is 6.85. The number of phenolic OH excluding ortho intramolecular Hbond substituents is 1. The lowest BCUT2D eigenvalue weighted by molar-refractivity contribution is 0.0775. The van der Waals surface area contributed by atoms with E-state index >= 15 is 0 Å². The van der Waals surface area contributed by atoms with E-state index in [2.05, 4.69) is 15.9 Å². The van der Waals surface area contributed by atoms with Gasteiger partial charge in [0.25, 0.3) is 5.91 Å². The molecule has 1 amide bonds. The molecule has 1 N–H and O–H groups in total. The van der Waals surface area contributed by atoms with Gasteiger partial charge in [0.05, 0.1) is 0 Å². The third-order valence-electron chi connectivity index (χ3n) is 2.92. The van der Waals surface area contributed by atoms with Gasteiger partial charge in [0.1, 0.15) is 22.9 Å². The topological polar surface area (TPSA) is 40.5 Å². The molecule has 0 spiro atoms. The van der Waals surface area contributed by atoms with E-state index in [4.69, 9.17) is 0 Å². The van der Waals surface area contributed by atoms with Crippen molar-refractivity contribution in [3.63, 3.8) is 0 Å². The van der Waals surface area contributed by atoms with E-state index in [-0.39, 0.29) is 16.8 Å². The van der Waals surface area contributed by atoms with Crippen LogP contribution in [0.1, 0.15) is 15.9 Å². The van der Waals surface area contributed by atoms with E-state index < -0.39 is 23.1 Å². The van der Waals surface area contributed by atoms with Gasteiger partial charge in [0.15, 0.2) is 0 Å². The van der Waals surface area contributed by atoms with Crippen LogP contribution in [0.25, 0.3) is 0 Å². The number of hydrogen-bond acceptors (Lipinski definition) is 2. The summed E-state index contributed by atoms with van der Waals surface area (Å²) in [7, 11) is 1.45. The number of hydrogen-bond donors (Lipinski definition) is 1. The minimum Gasteiger partial charge on any atom is -0.508 e. The molecule has 0 radical (unpaired) electrons. The number of benzene rings is 2. The molecule has 0 heterocycles. The number of phenols is 1. The molecule has 2 aromatic carbocycles. The summed E-state index contributed by atoms with van der Waals surface area (Å²) in [6.07, 6.45) is 0. The largest absolute Gasteiger partial charge is 0.508 e. The lowest BCUT2D eigenvalue weighted by Crippen LogP contribution is -2.28. The van der Waals surface area contributed by atoms with E-state index in [1.165, 1.54) is 24.1 Å². The molecule has 0 aliphatic carbocycles. The van der Waals surface area contributed by atoms with Gasteiger partial charge in [-0.25, -0.2) is 8.78 Å². The van der Waals surface area contributed by atoms with Gasteiger partial charge in [0, 0.05) is 18.1 Å². The average molecular weight is 356 g/mol. The second-order valence-electron chi connectivity index (χ2n) is 4.57. The monoisotopic (exact) mass is 355 g/mol. The zero-order valence-electron chi connectivity index (χ0n) is 11.1. The van der Waals surface area contributed by atoms with Crippen LogP contribution in [0.3, 0.4) is 0 Å². The van der Waals surface area contributed by atoms with Crippen molar-refractivity contribution in [3.05, 3.63) is 63.6 Å². The molecule has 0 saturated heterocycles. The number of nitrogens with zero attached hydrogens (tertiary/aromatic N) is 1. The first-order chi connectivity index (χ1) is 9.88. The van der Waals surface area contributed by atoms with Crippen molar-refractivity contribution < 1.29 is 18.7 Å². The maximum absolute atomic E-state index is 13.8. The quantitative estimate of drug-likeness (QED) is 0.911. The van der Waals surface area contributed by atoms with Crippen LogP contribution in [0, 0.1) is 11.6 Å². The Morgan fingerprint density at radius 2 is 1.71 bits per heavy atom. The third-order valence-corrected chi connectivity index (χ3v) is 3.38. The van der Waals surface area contributed by atoms with Crippen LogP contribution in [0.4, 0.5) is 8.78 Å². The van der Waals surface area contributed by atoms with Gasteiger partial charge in [-0.05, 0) is 29.8 Å². The molecule has 0 aliphatic heterocycles. The van der Waals surface area contributed by atoms with Crippen molar-refractivity contribution in [2.45, 2.75) is 6.54 Å². The highest BCUT2D eigenvalue weighted by Crippen LogP contribution is 2.21. The highest BCUT2D eigenvalue weighted by Gasteiger charge is 2.21. The van der Waals surface area contributed by atoms with Crippen LogP contribution >= 0.6 is 15.9 Å². The predicted molar refractivity (Wildman–Crippen MR) is 78.0 cm³/mol. The summed E-state index contributed by atoms with van der Waals surface area (Å²) in [4.78, 5) is 13.4. The fraction of sp³-hybridized carbons (Fsp3) is 0.133. The normalized spacial score (nSPS) is 10.5. The van der Waals surface area contributed by atoms with Crippen LogP contribution in [0.15, 0.2) is 40.9 Å². The second-order valence-corrected chi connectivity index (χ2v) is 5.49. The maximum Gasteiger partial charge on any atom is 0.259 e. The molecule has 21 heavy (non-hydrogen) atoms. The molecule has 0 unspecified atom stereocenters. The van der Waals surface area contributed by atoms with Crippen LogP contribution in [0.2, 0.25) is 0 Å². The summed E-state index contributed by atoms with van der Waals surface area (Å²) >= 11 is 2.97. The molecule has 0 aliphatic rings.